The van der Waals surface area contributed by atoms with Gasteiger partial charge in [-0.15, -0.1) is 11.3 Å². The van der Waals surface area contributed by atoms with Gasteiger partial charge in [-0.1, -0.05) is 29.8 Å². The lowest BCUT2D eigenvalue weighted by molar-refractivity contribution is -0.126. The molecule has 3 rings (SSSR count). The van der Waals surface area contributed by atoms with Gasteiger partial charge < -0.3 is 5.32 Å². The Morgan fingerprint density at radius 1 is 1.23 bits per heavy atom. The van der Waals surface area contributed by atoms with Crippen LogP contribution in [-0.2, 0) is 14.8 Å². The van der Waals surface area contributed by atoms with Crippen LogP contribution in [0.3, 0.4) is 0 Å². The first-order chi connectivity index (χ1) is 12.4. The number of sulfonamides is 1. The molecule has 0 aliphatic carbocycles. The molecule has 1 N–H and O–H groups in total. The minimum atomic E-state index is -3.43. The molecule has 26 heavy (non-hydrogen) atoms. The Morgan fingerprint density at radius 3 is 2.46 bits per heavy atom. The zero-order valence-corrected chi connectivity index (χ0v) is 16.8. The lowest BCUT2D eigenvalue weighted by atomic mass is 9.96. The number of hydrogen-bond acceptors (Lipinski definition) is 4. The van der Waals surface area contributed by atoms with E-state index < -0.39 is 10.0 Å². The van der Waals surface area contributed by atoms with Crippen LogP contribution < -0.4 is 5.32 Å². The average Bonchev–Trinajstić information content (AvgIpc) is 3.18. The van der Waals surface area contributed by atoms with Gasteiger partial charge in [-0.3, -0.25) is 4.79 Å². The van der Waals surface area contributed by atoms with Crippen molar-refractivity contribution < 1.29 is 13.2 Å². The van der Waals surface area contributed by atoms with Crippen LogP contribution in [0.15, 0.2) is 46.0 Å². The molecule has 1 atom stereocenters. The molecule has 8 heteroatoms. The van der Waals surface area contributed by atoms with Crippen LogP contribution in [0.4, 0.5) is 0 Å². The van der Waals surface area contributed by atoms with Crippen molar-refractivity contribution in [2.75, 3.05) is 13.1 Å². The number of carbonyl (C=O) groups excluding carboxylic acids is 1. The summed E-state index contributed by atoms with van der Waals surface area (Å²) in [5.74, 6) is -0.194. The molecule has 0 spiro atoms. The van der Waals surface area contributed by atoms with E-state index in [1.807, 2.05) is 19.1 Å². The molecule has 1 aromatic heterocycles. The third kappa shape index (κ3) is 4.28. The molecular weight excluding hydrogens is 392 g/mol. The summed E-state index contributed by atoms with van der Waals surface area (Å²) in [5, 5.41) is 5.43. The maximum Gasteiger partial charge on any atom is 0.252 e. The van der Waals surface area contributed by atoms with Crippen LogP contribution in [0.5, 0.6) is 0 Å². The first-order valence-corrected chi connectivity index (χ1v) is 11.2. The molecular formula is C18H21ClN2O3S2. The van der Waals surface area contributed by atoms with Gasteiger partial charge in [0, 0.05) is 24.0 Å². The van der Waals surface area contributed by atoms with E-state index in [9.17, 15) is 13.2 Å². The Kier molecular flexibility index (Phi) is 6.02. The third-order valence-electron chi connectivity index (χ3n) is 4.64. The summed E-state index contributed by atoms with van der Waals surface area (Å²) in [6.45, 7) is 2.67. The summed E-state index contributed by atoms with van der Waals surface area (Å²) >= 11 is 7.11. The first kappa shape index (κ1) is 19.4. The van der Waals surface area contributed by atoms with E-state index in [1.165, 1.54) is 15.6 Å². The molecule has 1 fully saturated rings. The lowest BCUT2D eigenvalue weighted by Crippen LogP contribution is -2.43. The number of piperidine rings is 1. The van der Waals surface area contributed by atoms with Crippen molar-refractivity contribution in [3.63, 3.8) is 0 Å². The zero-order valence-electron chi connectivity index (χ0n) is 14.4. The Balaban J connectivity index is 1.56. The number of benzene rings is 1. The van der Waals surface area contributed by atoms with Gasteiger partial charge in [-0.05, 0) is 48.9 Å². The predicted molar refractivity (Wildman–Crippen MR) is 104 cm³/mol. The van der Waals surface area contributed by atoms with Crippen LogP contribution in [-0.4, -0.2) is 31.7 Å². The summed E-state index contributed by atoms with van der Waals surface area (Å²) in [7, 11) is -3.43. The topological polar surface area (TPSA) is 66.5 Å². The molecule has 0 bridgehead atoms. The molecule has 1 saturated heterocycles. The zero-order chi connectivity index (χ0) is 18.7. The second-order valence-corrected chi connectivity index (χ2v) is 9.94. The molecule has 0 saturated carbocycles. The van der Waals surface area contributed by atoms with Crippen LogP contribution >= 0.6 is 22.9 Å². The third-order valence-corrected chi connectivity index (χ3v) is 8.17. The van der Waals surface area contributed by atoms with E-state index in [4.69, 9.17) is 11.6 Å². The number of carbonyl (C=O) groups is 1. The molecule has 0 radical (unpaired) electrons. The van der Waals surface area contributed by atoms with Crippen LogP contribution in [0.2, 0.25) is 5.02 Å². The molecule has 1 aliphatic rings. The number of nitrogens with one attached hydrogen (secondary N) is 1. The SMILES string of the molecule is C[C@H](NC(=O)C1CCN(S(=O)(=O)c2cccs2)CC1)c1ccc(Cl)cc1. The van der Waals surface area contributed by atoms with Crippen molar-refractivity contribution in [2.24, 2.45) is 5.92 Å². The van der Waals surface area contributed by atoms with Gasteiger partial charge in [0.05, 0.1) is 6.04 Å². The summed E-state index contributed by atoms with van der Waals surface area (Å²) in [4.78, 5) is 12.5. The number of halogens is 1. The fourth-order valence-corrected chi connectivity index (χ4v) is 5.80. The Bertz CT molecular complexity index is 843. The number of rotatable bonds is 5. The molecule has 2 heterocycles. The maximum atomic E-state index is 12.5. The normalized spacial score (nSPS) is 17.8. The summed E-state index contributed by atoms with van der Waals surface area (Å²) < 4.78 is 26.9. The van der Waals surface area contributed by atoms with Crippen LogP contribution in [0.25, 0.3) is 0 Å². The number of hydrogen-bond donors (Lipinski definition) is 1. The highest BCUT2D eigenvalue weighted by atomic mass is 35.5. The van der Waals surface area contributed by atoms with Crippen molar-refractivity contribution >= 4 is 38.9 Å². The largest absolute Gasteiger partial charge is 0.349 e. The van der Waals surface area contributed by atoms with Crippen LogP contribution in [0, 0.1) is 5.92 Å². The molecule has 5 nitrogen and oxygen atoms in total. The first-order valence-electron chi connectivity index (χ1n) is 8.47. The van der Waals surface area contributed by atoms with E-state index in [2.05, 4.69) is 5.32 Å². The van der Waals surface area contributed by atoms with Gasteiger partial charge in [0.25, 0.3) is 10.0 Å². The molecule has 140 valence electrons. The van der Waals surface area contributed by atoms with E-state index in [1.54, 1.807) is 29.6 Å². The van der Waals surface area contributed by atoms with E-state index in [0.29, 0.717) is 35.2 Å². The minimum Gasteiger partial charge on any atom is -0.349 e. The highest BCUT2D eigenvalue weighted by Gasteiger charge is 2.32. The molecule has 1 aliphatic heterocycles. The summed E-state index contributed by atoms with van der Waals surface area (Å²) in [6, 6.07) is 10.6. The van der Waals surface area contributed by atoms with E-state index in [-0.39, 0.29) is 17.9 Å². The quantitative estimate of drug-likeness (QED) is 0.814. The fourth-order valence-electron chi connectivity index (χ4n) is 3.06. The monoisotopic (exact) mass is 412 g/mol. The second kappa shape index (κ2) is 8.08. The van der Waals surface area contributed by atoms with E-state index in [0.717, 1.165) is 5.56 Å². The van der Waals surface area contributed by atoms with Crippen molar-refractivity contribution in [3.05, 3.63) is 52.4 Å². The summed E-state index contributed by atoms with van der Waals surface area (Å²) in [5.41, 5.74) is 0.987. The van der Waals surface area contributed by atoms with Gasteiger partial charge in [0.15, 0.2) is 0 Å². The summed E-state index contributed by atoms with van der Waals surface area (Å²) in [6.07, 6.45) is 1.06. The van der Waals surface area contributed by atoms with Gasteiger partial charge in [0.2, 0.25) is 5.91 Å². The lowest BCUT2D eigenvalue weighted by Gasteiger charge is -2.30. The van der Waals surface area contributed by atoms with Gasteiger partial charge in [0.1, 0.15) is 4.21 Å². The molecule has 1 amide bonds. The number of nitrogens with zero attached hydrogens (tertiary/aromatic N) is 1. The minimum absolute atomic E-state index is 0.0272. The van der Waals surface area contributed by atoms with Gasteiger partial charge >= 0.3 is 0 Å². The molecule has 1 aromatic carbocycles. The Hall–Kier alpha value is -1.41. The fraction of sp³-hybridized carbons (Fsp3) is 0.389. The maximum absolute atomic E-state index is 12.5. The van der Waals surface area contributed by atoms with Crippen molar-refractivity contribution in [2.45, 2.75) is 30.0 Å². The van der Waals surface area contributed by atoms with E-state index >= 15 is 0 Å². The number of thiophene rings is 1. The van der Waals surface area contributed by atoms with Gasteiger partial charge in [-0.25, -0.2) is 8.42 Å². The highest BCUT2D eigenvalue weighted by Crippen LogP contribution is 2.27. The van der Waals surface area contributed by atoms with Crippen LogP contribution in [0.1, 0.15) is 31.4 Å². The Labute approximate surface area is 163 Å². The van der Waals surface area contributed by atoms with Crippen molar-refractivity contribution in [1.82, 2.24) is 9.62 Å². The molecule has 2 aromatic rings. The smallest absolute Gasteiger partial charge is 0.252 e. The highest BCUT2D eigenvalue weighted by molar-refractivity contribution is 7.91. The van der Waals surface area contributed by atoms with Gasteiger partial charge in [-0.2, -0.15) is 4.31 Å². The second-order valence-electron chi connectivity index (χ2n) is 6.39. The standard InChI is InChI=1S/C18H21ClN2O3S2/c1-13(14-4-6-16(19)7-5-14)20-18(22)15-8-10-21(11-9-15)26(23,24)17-3-2-12-25-17/h2-7,12-13,15H,8-11H2,1H3,(H,20,22)/t13-/m0/s1. The van der Waals surface area contributed by atoms with Crippen molar-refractivity contribution in [1.29, 1.82) is 0 Å². The Morgan fingerprint density at radius 2 is 1.88 bits per heavy atom. The predicted octanol–water partition coefficient (Wildman–Crippen LogP) is 3.68. The average molecular weight is 413 g/mol. The number of amides is 1. The molecule has 0 unspecified atom stereocenters. The van der Waals surface area contributed by atoms with Crippen molar-refractivity contribution in [3.8, 4) is 0 Å².